The third-order valence-electron chi connectivity index (χ3n) is 3.28. The molecule has 3 atom stereocenters. The Morgan fingerprint density at radius 3 is 2.56 bits per heavy atom. The fourth-order valence-electron chi connectivity index (χ4n) is 2.08. The molecular weight excluding hydrogens is 226 g/mol. The van der Waals surface area contributed by atoms with Gasteiger partial charge in [-0.15, -0.1) is 0 Å². The quantitative estimate of drug-likeness (QED) is 0.600. The van der Waals surface area contributed by atoms with Gasteiger partial charge in [-0.1, -0.05) is 6.07 Å². The molecule has 2 nitrogen and oxygen atoms in total. The van der Waals surface area contributed by atoms with E-state index in [1.54, 1.807) is 13.0 Å². The number of ether oxygens (including phenoxy) is 1. The molecule has 1 fully saturated rings. The summed E-state index contributed by atoms with van der Waals surface area (Å²) in [6.07, 6.45) is -0.0988. The summed E-state index contributed by atoms with van der Waals surface area (Å²) in [6, 6.07) is 3.42. The van der Waals surface area contributed by atoms with Crippen LogP contribution in [0.3, 0.4) is 0 Å². The van der Waals surface area contributed by atoms with Crippen LogP contribution in [0.2, 0.25) is 0 Å². The lowest BCUT2D eigenvalue weighted by Gasteiger charge is -2.21. The van der Waals surface area contributed by atoms with E-state index in [2.05, 4.69) is 9.47 Å². The molecule has 1 aromatic carbocycles. The van der Waals surface area contributed by atoms with Crippen LogP contribution < -0.4 is 0 Å². The van der Waals surface area contributed by atoms with Crippen LogP contribution in [0.4, 0.5) is 4.39 Å². The molecule has 1 aromatic rings. The lowest BCUT2D eigenvalue weighted by molar-refractivity contribution is 0.129. The van der Waals surface area contributed by atoms with E-state index in [1.807, 2.05) is 19.9 Å². The van der Waals surface area contributed by atoms with Gasteiger partial charge < -0.3 is 9.26 Å². The van der Waals surface area contributed by atoms with Gasteiger partial charge in [-0.2, -0.15) is 0 Å². The molecule has 0 amide bonds. The number of rotatable bonds is 3. The Labute approximate surface area is 97.4 Å². The van der Waals surface area contributed by atoms with Gasteiger partial charge in [0, 0.05) is 9.47 Å². The number of benzene rings is 1. The summed E-state index contributed by atoms with van der Waals surface area (Å²) < 4.78 is 24.3. The van der Waals surface area contributed by atoms with E-state index < -0.39 is 5.60 Å². The monoisotopic (exact) mass is 242 g/mol. The molecule has 3 unspecified atom stereocenters. The molecule has 4 heteroatoms. The summed E-state index contributed by atoms with van der Waals surface area (Å²) in [5, 5.41) is 0. The van der Waals surface area contributed by atoms with Crippen LogP contribution in [0.25, 0.3) is 0 Å². The second kappa shape index (κ2) is 4.06. The van der Waals surface area contributed by atoms with Crippen molar-refractivity contribution in [2.24, 2.45) is 0 Å². The maximum absolute atomic E-state index is 13.6. The molecule has 1 aliphatic rings. The Kier molecular flexibility index (Phi) is 3.04. The average Bonchev–Trinajstić information content (AvgIpc) is 3.03. The van der Waals surface area contributed by atoms with Crippen molar-refractivity contribution in [3.05, 3.63) is 34.6 Å². The fourth-order valence-corrected chi connectivity index (χ4v) is 2.30. The summed E-state index contributed by atoms with van der Waals surface area (Å²) in [6.45, 7) is 6.26. The van der Waals surface area contributed by atoms with Crippen molar-refractivity contribution in [2.75, 3.05) is 6.61 Å². The van der Waals surface area contributed by atoms with Crippen LogP contribution in [-0.4, -0.2) is 12.7 Å². The Morgan fingerprint density at radius 1 is 1.44 bits per heavy atom. The van der Waals surface area contributed by atoms with Crippen LogP contribution in [0.5, 0.6) is 0 Å². The van der Waals surface area contributed by atoms with Gasteiger partial charge in [0.1, 0.15) is 11.4 Å². The third kappa shape index (κ3) is 1.77. The Morgan fingerprint density at radius 2 is 2.06 bits per heavy atom. The zero-order valence-corrected chi connectivity index (χ0v) is 10.9. The van der Waals surface area contributed by atoms with Gasteiger partial charge in [-0.05, 0) is 43.5 Å². The van der Waals surface area contributed by atoms with Crippen LogP contribution in [0.1, 0.15) is 23.6 Å². The molecule has 0 bridgehead atoms. The van der Waals surface area contributed by atoms with Crippen LogP contribution in [0, 0.1) is 19.7 Å². The SMILES string of the molecule is Cc1cc(C)c(C2(C(C)OP)CO2)cc1F. The summed E-state index contributed by atoms with van der Waals surface area (Å²) in [4.78, 5) is 0. The van der Waals surface area contributed by atoms with E-state index in [4.69, 9.17) is 9.26 Å². The number of epoxide rings is 1. The third-order valence-corrected chi connectivity index (χ3v) is 3.69. The minimum absolute atomic E-state index is 0.0988. The van der Waals surface area contributed by atoms with Gasteiger partial charge >= 0.3 is 0 Å². The molecule has 0 spiro atoms. The van der Waals surface area contributed by atoms with Gasteiger partial charge in [0.25, 0.3) is 0 Å². The standard InChI is InChI=1S/C12H16FO2P/c1-7-4-8(2)11(13)5-10(7)12(6-14-12)9(3)15-16/h4-5,9H,6,16H2,1-3H3. The number of halogens is 1. The minimum atomic E-state index is -0.458. The first-order valence-corrected chi connectivity index (χ1v) is 5.75. The van der Waals surface area contributed by atoms with E-state index in [9.17, 15) is 4.39 Å². The molecule has 0 saturated carbocycles. The van der Waals surface area contributed by atoms with Gasteiger partial charge in [0.05, 0.1) is 12.7 Å². The maximum atomic E-state index is 13.6. The van der Waals surface area contributed by atoms with Crippen molar-refractivity contribution in [1.82, 2.24) is 0 Å². The molecule has 1 saturated heterocycles. The topological polar surface area (TPSA) is 21.8 Å². The normalized spacial score (nSPS) is 25.6. The van der Waals surface area contributed by atoms with Crippen molar-refractivity contribution in [3.8, 4) is 0 Å². The highest BCUT2D eigenvalue weighted by atomic mass is 31.0. The lowest BCUT2D eigenvalue weighted by atomic mass is 9.90. The highest BCUT2D eigenvalue weighted by molar-refractivity contribution is 7.09. The Balaban J connectivity index is 2.45. The molecule has 0 aromatic heterocycles. The smallest absolute Gasteiger partial charge is 0.143 e. The molecule has 0 N–H and O–H groups in total. The highest BCUT2D eigenvalue weighted by Gasteiger charge is 2.52. The molecule has 0 radical (unpaired) electrons. The zero-order valence-electron chi connectivity index (χ0n) is 9.71. The summed E-state index contributed by atoms with van der Waals surface area (Å²) in [5.41, 5.74) is 2.15. The first kappa shape index (κ1) is 12.0. The van der Waals surface area contributed by atoms with Crippen LogP contribution in [-0.2, 0) is 14.9 Å². The predicted molar refractivity (Wildman–Crippen MR) is 63.8 cm³/mol. The average molecular weight is 242 g/mol. The van der Waals surface area contributed by atoms with Crippen molar-refractivity contribution in [2.45, 2.75) is 32.5 Å². The van der Waals surface area contributed by atoms with Crippen molar-refractivity contribution < 1.29 is 13.7 Å². The van der Waals surface area contributed by atoms with Gasteiger partial charge in [0.15, 0.2) is 0 Å². The first-order chi connectivity index (χ1) is 7.51. The van der Waals surface area contributed by atoms with E-state index >= 15 is 0 Å². The highest BCUT2D eigenvalue weighted by Crippen LogP contribution is 2.45. The van der Waals surface area contributed by atoms with E-state index in [1.165, 1.54) is 0 Å². The summed E-state index contributed by atoms with van der Waals surface area (Å²) >= 11 is 0. The predicted octanol–water partition coefficient (Wildman–Crippen LogP) is 2.86. The van der Waals surface area contributed by atoms with E-state index in [-0.39, 0.29) is 11.9 Å². The fraction of sp³-hybridized carbons (Fsp3) is 0.500. The number of hydrogen-bond donors (Lipinski definition) is 0. The lowest BCUT2D eigenvalue weighted by Crippen LogP contribution is -2.26. The first-order valence-electron chi connectivity index (χ1n) is 5.28. The number of hydrogen-bond acceptors (Lipinski definition) is 2. The Hall–Kier alpha value is -0.500. The zero-order chi connectivity index (χ0) is 11.9. The van der Waals surface area contributed by atoms with Gasteiger partial charge in [-0.3, -0.25) is 0 Å². The van der Waals surface area contributed by atoms with Gasteiger partial charge in [-0.25, -0.2) is 4.39 Å². The molecule has 2 rings (SSSR count). The largest absolute Gasteiger partial charge is 0.362 e. The van der Waals surface area contributed by atoms with Crippen molar-refractivity contribution in [3.63, 3.8) is 0 Å². The second-order valence-electron chi connectivity index (χ2n) is 4.37. The van der Waals surface area contributed by atoms with Crippen LogP contribution in [0.15, 0.2) is 12.1 Å². The van der Waals surface area contributed by atoms with Crippen molar-refractivity contribution in [1.29, 1.82) is 0 Å². The second-order valence-corrected chi connectivity index (χ2v) is 4.64. The van der Waals surface area contributed by atoms with Crippen molar-refractivity contribution >= 4 is 9.47 Å². The van der Waals surface area contributed by atoms with E-state index in [0.717, 1.165) is 11.1 Å². The maximum Gasteiger partial charge on any atom is 0.143 e. The molecule has 1 heterocycles. The van der Waals surface area contributed by atoms with E-state index in [0.29, 0.717) is 12.2 Å². The summed E-state index contributed by atoms with van der Waals surface area (Å²) in [7, 11) is 2.24. The molecule has 1 aliphatic heterocycles. The summed E-state index contributed by atoms with van der Waals surface area (Å²) in [5.74, 6) is -0.188. The Bertz CT molecular complexity index is 416. The molecule has 88 valence electrons. The molecular formula is C12H16FO2P. The number of aryl methyl sites for hydroxylation is 2. The van der Waals surface area contributed by atoms with Crippen LogP contribution >= 0.6 is 9.47 Å². The minimum Gasteiger partial charge on any atom is -0.362 e. The molecule has 16 heavy (non-hydrogen) atoms. The van der Waals surface area contributed by atoms with Gasteiger partial charge in [0.2, 0.25) is 0 Å². The molecule has 0 aliphatic carbocycles.